The highest BCUT2D eigenvalue weighted by atomic mass is 32.2. The van der Waals surface area contributed by atoms with E-state index in [1.54, 1.807) is 24.6 Å². The van der Waals surface area contributed by atoms with Gasteiger partial charge in [0.15, 0.2) is 10.2 Å². The van der Waals surface area contributed by atoms with Crippen molar-refractivity contribution in [3.63, 3.8) is 0 Å². The van der Waals surface area contributed by atoms with Crippen LogP contribution < -0.4 is 5.32 Å². The Morgan fingerprint density at radius 2 is 2.33 bits per heavy atom. The monoisotopic (exact) mass is 282 g/mol. The van der Waals surface area contributed by atoms with Crippen molar-refractivity contribution in [3.05, 3.63) is 23.5 Å². The van der Waals surface area contributed by atoms with E-state index in [0.29, 0.717) is 12.4 Å². The molecule has 0 amide bonds. The van der Waals surface area contributed by atoms with Gasteiger partial charge < -0.3 is 10.1 Å². The molecule has 0 radical (unpaired) electrons. The number of aromatic nitrogens is 3. The number of nitrogens with zero attached hydrogens (tertiary/aromatic N) is 3. The minimum absolute atomic E-state index is 0.407. The summed E-state index contributed by atoms with van der Waals surface area (Å²) in [5.74, 6) is 1.49. The lowest BCUT2D eigenvalue weighted by molar-refractivity contribution is 0.177. The number of ether oxygens (including phenoxy) is 1. The van der Waals surface area contributed by atoms with Crippen LogP contribution in [-0.2, 0) is 11.3 Å². The average Bonchev–Trinajstić information content (AvgIpc) is 2.82. The lowest BCUT2D eigenvalue weighted by Gasteiger charge is -2.07. The van der Waals surface area contributed by atoms with E-state index < -0.39 is 0 Å². The van der Waals surface area contributed by atoms with E-state index in [0.717, 1.165) is 21.7 Å². The molecule has 0 spiro atoms. The summed E-state index contributed by atoms with van der Waals surface area (Å²) in [7, 11) is 1.64. The molecule has 0 aliphatic heterocycles. The second kappa shape index (κ2) is 6.67. The molecule has 5 nitrogen and oxygen atoms in total. The van der Waals surface area contributed by atoms with Crippen molar-refractivity contribution in [1.29, 1.82) is 0 Å². The van der Waals surface area contributed by atoms with Crippen molar-refractivity contribution in [3.8, 4) is 0 Å². The first kappa shape index (κ1) is 13.3. The lowest BCUT2D eigenvalue weighted by Crippen LogP contribution is -2.05. The summed E-state index contributed by atoms with van der Waals surface area (Å²) in [5.41, 5.74) is 0. The summed E-state index contributed by atoms with van der Waals surface area (Å²) in [4.78, 5) is 13.0. The molecule has 0 aliphatic rings. The molecule has 0 bridgehead atoms. The van der Waals surface area contributed by atoms with Crippen LogP contribution in [0.3, 0.4) is 0 Å². The molecule has 7 heteroatoms. The van der Waals surface area contributed by atoms with Gasteiger partial charge in [0.1, 0.15) is 17.5 Å². The SMILES string of the molecule is CCNc1cc(Sc2nccs2)nc(COC)n1. The molecular formula is C11H14N4OS2. The van der Waals surface area contributed by atoms with Crippen molar-refractivity contribution in [1.82, 2.24) is 15.0 Å². The molecule has 0 saturated heterocycles. The summed E-state index contributed by atoms with van der Waals surface area (Å²) >= 11 is 3.13. The zero-order valence-electron chi connectivity index (χ0n) is 10.2. The number of anilines is 1. The maximum Gasteiger partial charge on any atom is 0.157 e. The van der Waals surface area contributed by atoms with E-state index in [4.69, 9.17) is 4.74 Å². The van der Waals surface area contributed by atoms with Crippen molar-refractivity contribution in [2.24, 2.45) is 0 Å². The van der Waals surface area contributed by atoms with E-state index in [-0.39, 0.29) is 0 Å². The summed E-state index contributed by atoms with van der Waals surface area (Å²) in [6, 6.07) is 1.93. The van der Waals surface area contributed by atoms with Gasteiger partial charge in [0, 0.05) is 31.3 Å². The molecule has 1 N–H and O–H groups in total. The molecule has 0 fully saturated rings. The number of hydrogen-bond donors (Lipinski definition) is 1. The van der Waals surface area contributed by atoms with E-state index in [2.05, 4.69) is 20.3 Å². The Bertz CT molecular complexity index is 466. The van der Waals surface area contributed by atoms with Crippen molar-refractivity contribution < 1.29 is 4.74 Å². The molecule has 0 aromatic carbocycles. The fourth-order valence-corrected chi connectivity index (χ4v) is 2.93. The van der Waals surface area contributed by atoms with E-state index in [1.165, 1.54) is 11.8 Å². The third-order valence-electron chi connectivity index (χ3n) is 1.98. The molecule has 2 aromatic rings. The normalized spacial score (nSPS) is 10.6. The van der Waals surface area contributed by atoms with Gasteiger partial charge in [0.05, 0.1) is 0 Å². The van der Waals surface area contributed by atoms with E-state index in [9.17, 15) is 0 Å². The third-order valence-corrected chi connectivity index (χ3v) is 3.78. The molecule has 0 atom stereocenters. The van der Waals surface area contributed by atoms with E-state index in [1.807, 2.05) is 18.4 Å². The molecule has 2 heterocycles. The Morgan fingerprint density at radius 3 is 3.00 bits per heavy atom. The maximum absolute atomic E-state index is 5.08. The van der Waals surface area contributed by atoms with Crippen LogP contribution in [0.25, 0.3) is 0 Å². The molecule has 96 valence electrons. The van der Waals surface area contributed by atoms with Crippen molar-refractivity contribution >= 4 is 28.9 Å². The summed E-state index contributed by atoms with van der Waals surface area (Å²) in [5, 5.41) is 6.02. The van der Waals surface area contributed by atoms with Crippen LogP contribution in [0.15, 0.2) is 27.0 Å². The van der Waals surface area contributed by atoms with Gasteiger partial charge in [-0.05, 0) is 18.7 Å². The van der Waals surface area contributed by atoms with Crippen LogP contribution in [0.4, 0.5) is 5.82 Å². The Morgan fingerprint density at radius 1 is 1.44 bits per heavy atom. The fourth-order valence-electron chi connectivity index (χ4n) is 1.34. The second-order valence-electron chi connectivity index (χ2n) is 3.37. The van der Waals surface area contributed by atoms with Gasteiger partial charge in [0.25, 0.3) is 0 Å². The van der Waals surface area contributed by atoms with Gasteiger partial charge in [0.2, 0.25) is 0 Å². The first-order valence-corrected chi connectivity index (χ1v) is 7.19. The van der Waals surface area contributed by atoms with Crippen molar-refractivity contribution in [2.45, 2.75) is 22.9 Å². The molecule has 0 unspecified atom stereocenters. The van der Waals surface area contributed by atoms with Gasteiger partial charge in [-0.3, -0.25) is 0 Å². The Balaban J connectivity index is 2.21. The van der Waals surface area contributed by atoms with Gasteiger partial charge in [-0.25, -0.2) is 15.0 Å². The minimum Gasteiger partial charge on any atom is -0.377 e. The lowest BCUT2D eigenvalue weighted by atomic mass is 10.5. The van der Waals surface area contributed by atoms with Crippen molar-refractivity contribution in [2.75, 3.05) is 19.0 Å². The summed E-state index contributed by atoms with van der Waals surface area (Å²) in [6.45, 7) is 3.27. The first-order valence-electron chi connectivity index (χ1n) is 5.50. The summed E-state index contributed by atoms with van der Waals surface area (Å²) in [6.07, 6.45) is 1.79. The topological polar surface area (TPSA) is 59.9 Å². The summed E-state index contributed by atoms with van der Waals surface area (Å²) < 4.78 is 6.05. The number of nitrogens with one attached hydrogen (secondary N) is 1. The third kappa shape index (κ3) is 3.66. The highest BCUT2D eigenvalue weighted by molar-refractivity contribution is 8.01. The number of rotatable bonds is 6. The predicted molar refractivity (Wildman–Crippen MR) is 73.1 cm³/mol. The number of thiazole rings is 1. The quantitative estimate of drug-likeness (QED) is 0.822. The van der Waals surface area contributed by atoms with E-state index >= 15 is 0 Å². The van der Waals surface area contributed by atoms with Gasteiger partial charge in [-0.15, -0.1) is 11.3 Å². The number of hydrogen-bond acceptors (Lipinski definition) is 7. The highest BCUT2D eigenvalue weighted by Gasteiger charge is 2.07. The Hall–Kier alpha value is -1.18. The molecule has 0 aliphatic carbocycles. The Labute approximate surface area is 114 Å². The van der Waals surface area contributed by atoms with Gasteiger partial charge >= 0.3 is 0 Å². The fraction of sp³-hybridized carbons (Fsp3) is 0.364. The van der Waals surface area contributed by atoms with Crippen LogP contribution >= 0.6 is 23.1 Å². The minimum atomic E-state index is 0.407. The highest BCUT2D eigenvalue weighted by Crippen LogP contribution is 2.28. The Kier molecular flexibility index (Phi) is 4.91. The van der Waals surface area contributed by atoms with Crippen LogP contribution in [0.2, 0.25) is 0 Å². The first-order chi connectivity index (χ1) is 8.81. The number of methoxy groups -OCH3 is 1. The predicted octanol–water partition coefficient (Wildman–Crippen LogP) is 2.66. The molecule has 18 heavy (non-hydrogen) atoms. The molecule has 0 saturated carbocycles. The maximum atomic E-state index is 5.08. The van der Waals surface area contributed by atoms with Crippen LogP contribution in [0.5, 0.6) is 0 Å². The largest absolute Gasteiger partial charge is 0.377 e. The molecule has 2 rings (SSSR count). The molecular weight excluding hydrogens is 268 g/mol. The smallest absolute Gasteiger partial charge is 0.157 e. The van der Waals surface area contributed by atoms with Crippen LogP contribution in [0.1, 0.15) is 12.7 Å². The molecule has 2 aromatic heterocycles. The van der Waals surface area contributed by atoms with Gasteiger partial charge in [-0.2, -0.15) is 0 Å². The standard InChI is InChI=1S/C11H14N4OS2/c1-3-12-8-6-10(15-9(14-8)7-16-2)18-11-13-4-5-17-11/h4-6H,3,7H2,1-2H3,(H,12,14,15). The van der Waals surface area contributed by atoms with Gasteiger partial charge in [-0.1, -0.05) is 0 Å². The van der Waals surface area contributed by atoms with Crippen LogP contribution in [0, 0.1) is 0 Å². The zero-order chi connectivity index (χ0) is 12.8. The second-order valence-corrected chi connectivity index (χ2v) is 5.53. The van der Waals surface area contributed by atoms with Crippen LogP contribution in [-0.4, -0.2) is 28.6 Å². The zero-order valence-corrected chi connectivity index (χ0v) is 11.8. The average molecular weight is 282 g/mol.